The molecule has 0 atom stereocenters. The third kappa shape index (κ3) is 1.11. The maximum atomic E-state index is 5.54. The Morgan fingerprint density at radius 3 is 2.43 bits per heavy atom. The van der Waals surface area contributed by atoms with Crippen LogP contribution >= 0.6 is 22.9 Å². The molecule has 0 aliphatic rings. The average Bonchev–Trinajstić information content (AvgIpc) is 1.87. The molecular weight excluding hydrogens is 128 g/mol. The van der Waals surface area contributed by atoms with E-state index in [0.717, 1.165) is 9.21 Å². The Morgan fingerprint density at radius 1 is 1.57 bits per heavy atom. The summed E-state index contributed by atoms with van der Waals surface area (Å²) >= 11 is 7.04. The lowest BCUT2D eigenvalue weighted by atomic mass is 10.5. The summed E-state index contributed by atoms with van der Waals surface area (Å²) in [5, 5.41) is 0. The fourth-order valence-electron chi connectivity index (χ4n) is 0.352. The lowest BCUT2D eigenvalue weighted by Crippen LogP contribution is -1.43. The molecule has 0 bridgehead atoms. The van der Waals surface area contributed by atoms with Crippen LogP contribution in [0.15, 0.2) is 12.1 Å². The van der Waals surface area contributed by atoms with Gasteiger partial charge in [0.15, 0.2) is 0 Å². The molecule has 2 heteroatoms. The van der Waals surface area contributed by atoms with Crippen molar-refractivity contribution in [3.63, 3.8) is 0 Å². The molecule has 0 radical (unpaired) electrons. The second-order valence-electron chi connectivity index (χ2n) is 1.21. The number of thiophene rings is 1. The van der Waals surface area contributed by atoms with Crippen LogP contribution in [-0.2, 0) is 0 Å². The first-order valence-corrected chi connectivity index (χ1v) is 3.06. The summed E-state index contributed by atoms with van der Waals surface area (Å²) < 4.78 is 0.810. The molecule has 0 fully saturated rings. The maximum absolute atomic E-state index is 5.54. The van der Waals surface area contributed by atoms with Gasteiger partial charge in [0.1, 0.15) is 0 Å². The second kappa shape index (κ2) is 1.76. The van der Waals surface area contributed by atoms with Crippen LogP contribution in [0.3, 0.4) is 0 Å². The molecule has 38 valence electrons. The summed E-state index contributed by atoms with van der Waals surface area (Å²) in [4.78, 5) is 1.02. The monoisotopic (exact) mass is 131 g/mol. The van der Waals surface area contributed by atoms with E-state index in [2.05, 4.69) is 6.92 Å². The Balaban J connectivity index is 3.04. The minimum Gasteiger partial charge on any atom is -0.228 e. The molecule has 1 aromatic rings. The van der Waals surface area contributed by atoms with E-state index in [-0.39, 0.29) is 0 Å². The number of hydrogen-bond acceptors (Lipinski definition) is 1. The van der Waals surface area contributed by atoms with Gasteiger partial charge in [-0.2, -0.15) is 17.4 Å². The van der Waals surface area contributed by atoms with Crippen LogP contribution in [0.5, 0.6) is 0 Å². The SMILES string of the molecule is [CH2-]c1ccc(Cl)s1. The molecule has 0 saturated heterocycles. The van der Waals surface area contributed by atoms with E-state index in [4.69, 9.17) is 11.6 Å². The molecule has 0 unspecified atom stereocenters. The highest BCUT2D eigenvalue weighted by Crippen LogP contribution is 2.19. The molecule has 1 rings (SSSR count). The van der Waals surface area contributed by atoms with E-state index in [1.165, 1.54) is 11.3 Å². The van der Waals surface area contributed by atoms with Gasteiger partial charge in [0.2, 0.25) is 0 Å². The zero-order valence-corrected chi connectivity index (χ0v) is 5.22. The molecule has 1 aromatic heterocycles. The zero-order chi connectivity index (χ0) is 5.28. The highest BCUT2D eigenvalue weighted by molar-refractivity contribution is 7.16. The lowest BCUT2D eigenvalue weighted by Gasteiger charge is -1.79. The van der Waals surface area contributed by atoms with Gasteiger partial charge in [-0.25, -0.2) is 6.92 Å². The standard InChI is InChI=1S/C5H4ClS/c1-4-2-3-5(6)7-4/h2-3H,1H2/q-1. The smallest absolute Gasteiger partial charge is 0.0727 e. The highest BCUT2D eigenvalue weighted by atomic mass is 35.5. The van der Waals surface area contributed by atoms with Crippen LogP contribution in [0.1, 0.15) is 4.88 Å². The van der Waals surface area contributed by atoms with Crippen molar-refractivity contribution in [1.29, 1.82) is 0 Å². The molecule has 0 N–H and O–H groups in total. The van der Waals surface area contributed by atoms with Crippen molar-refractivity contribution in [1.82, 2.24) is 0 Å². The van der Waals surface area contributed by atoms with Crippen molar-refractivity contribution in [2.24, 2.45) is 0 Å². The van der Waals surface area contributed by atoms with Crippen molar-refractivity contribution in [2.75, 3.05) is 0 Å². The zero-order valence-electron chi connectivity index (χ0n) is 3.65. The molecule has 0 saturated carbocycles. The number of halogens is 1. The van der Waals surface area contributed by atoms with Gasteiger partial charge in [0.25, 0.3) is 0 Å². The molecule has 0 nitrogen and oxygen atoms in total. The molecule has 0 aromatic carbocycles. The Kier molecular flexibility index (Phi) is 1.26. The minimum atomic E-state index is 0.810. The van der Waals surface area contributed by atoms with Crippen LogP contribution < -0.4 is 0 Å². The summed E-state index contributed by atoms with van der Waals surface area (Å²) in [5.74, 6) is 0. The van der Waals surface area contributed by atoms with E-state index < -0.39 is 0 Å². The van der Waals surface area contributed by atoms with Gasteiger partial charge in [0.05, 0.1) is 4.34 Å². The summed E-state index contributed by atoms with van der Waals surface area (Å²) in [6.07, 6.45) is 0. The van der Waals surface area contributed by atoms with Crippen LogP contribution in [0.2, 0.25) is 4.34 Å². The fourth-order valence-corrected chi connectivity index (χ4v) is 1.23. The predicted octanol–water partition coefficient (Wildman–Crippen LogP) is 2.58. The van der Waals surface area contributed by atoms with Gasteiger partial charge < -0.3 is 0 Å². The molecule has 0 aliphatic heterocycles. The van der Waals surface area contributed by atoms with Crippen molar-refractivity contribution >= 4 is 22.9 Å². The average molecular weight is 132 g/mol. The minimum absolute atomic E-state index is 0.810. The van der Waals surface area contributed by atoms with E-state index in [0.29, 0.717) is 0 Å². The first-order chi connectivity index (χ1) is 3.29. The number of rotatable bonds is 0. The first kappa shape index (κ1) is 5.01. The Hall–Kier alpha value is -0.140. The summed E-state index contributed by atoms with van der Waals surface area (Å²) in [7, 11) is 0. The van der Waals surface area contributed by atoms with Crippen LogP contribution in [-0.4, -0.2) is 0 Å². The van der Waals surface area contributed by atoms with Crippen molar-refractivity contribution in [3.05, 3.63) is 28.3 Å². The molecule has 7 heavy (non-hydrogen) atoms. The van der Waals surface area contributed by atoms with Gasteiger partial charge in [-0.15, -0.1) is 10.9 Å². The number of hydrogen-bond donors (Lipinski definition) is 0. The van der Waals surface area contributed by atoms with Crippen LogP contribution in [0.4, 0.5) is 0 Å². The molecule has 0 aliphatic carbocycles. The summed E-state index contributed by atoms with van der Waals surface area (Å²) in [6, 6.07) is 3.74. The maximum Gasteiger partial charge on any atom is 0.0727 e. The molecular formula is C5H4ClS-. The Labute approximate surface area is 51.7 Å². The molecule has 1 heterocycles. The van der Waals surface area contributed by atoms with Crippen molar-refractivity contribution in [2.45, 2.75) is 0 Å². The molecule has 0 spiro atoms. The normalized spacial score (nSPS) is 9.29. The van der Waals surface area contributed by atoms with E-state index in [9.17, 15) is 0 Å². The Morgan fingerprint density at radius 2 is 2.29 bits per heavy atom. The quantitative estimate of drug-likeness (QED) is 0.475. The van der Waals surface area contributed by atoms with Gasteiger partial charge >= 0.3 is 0 Å². The van der Waals surface area contributed by atoms with Crippen LogP contribution in [0, 0.1) is 6.92 Å². The highest BCUT2D eigenvalue weighted by Gasteiger charge is 1.79. The van der Waals surface area contributed by atoms with Crippen molar-refractivity contribution < 1.29 is 0 Å². The first-order valence-electron chi connectivity index (χ1n) is 1.86. The van der Waals surface area contributed by atoms with Crippen LogP contribution in [0.25, 0.3) is 0 Å². The van der Waals surface area contributed by atoms with Gasteiger partial charge in [0, 0.05) is 0 Å². The van der Waals surface area contributed by atoms with Gasteiger partial charge in [-0.3, -0.25) is 0 Å². The second-order valence-corrected chi connectivity index (χ2v) is 3.01. The topological polar surface area (TPSA) is 0 Å². The predicted molar refractivity (Wildman–Crippen MR) is 33.8 cm³/mol. The van der Waals surface area contributed by atoms with Crippen molar-refractivity contribution in [3.8, 4) is 0 Å². The third-order valence-electron chi connectivity index (χ3n) is 0.629. The molecule has 0 amide bonds. The lowest BCUT2D eigenvalue weighted by molar-refractivity contribution is 1.89. The van der Waals surface area contributed by atoms with E-state index >= 15 is 0 Å². The van der Waals surface area contributed by atoms with E-state index in [1.54, 1.807) is 0 Å². The summed E-state index contributed by atoms with van der Waals surface area (Å²) in [5.41, 5.74) is 0. The van der Waals surface area contributed by atoms with Gasteiger partial charge in [-0.1, -0.05) is 11.6 Å². The largest absolute Gasteiger partial charge is 0.228 e. The van der Waals surface area contributed by atoms with Gasteiger partial charge in [-0.05, 0) is 0 Å². The summed E-state index contributed by atoms with van der Waals surface area (Å²) in [6.45, 7) is 3.68. The fraction of sp³-hybridized carbons (Fsp3) is 0. The Bertz CT molecular complexity index is 140. The third-order valence-corrected chi connectivity index (χ3v) is 1.72. The van der Waals surface area contributed by atoms with E-state index in [1.807, 2.05) is 12.1 Å².